The number of fused-ring (bicyclic) bond motifs is 3. The number of rotatable bonds is 11. The van der Waals surface area contributed by atoms with Crippen molar-refractivity contribution in [2.45, 2.75) is 77.6 Å². The predicted octanol–water partition coefficient (Wildman–Crippen LogP) is 8.39. The lowest BCUT2D eigenvalue weighted by atomic mass is 10.0. The number of nitrogens with one attached hydrogen (secondary N) is 1. The van der Waals surface area contributed by atoms with Crippen LogP contribution in [0, 0.1) is 3.57 Å². The van der Waals surface area contributed by atoms with E-state index in [-0.39, 0.29) is 0 Å². The van der Waals surface area contributed by atoms with Gasteiger partial charge in [-0.15, -0.1) is 0 Å². The summed E-state index contributed by atoms with van der Waals surface area (Å²) in [6.07, 6.45) is 15.3. The van der Waals surface area contributed by atoms with Crippen molar-refractivity contribution in [3.63, 3.8) is 0 Å². The lowest BCUT2D eigenvalue weighted by molar-refractivity contribution is 0.556. The first-order valence-electron chi connectivity index (χ1n) is 10.5. The molecule has 0 aliphatic heterocycles. The van der Waals surface area contributed by atoms with Gasteiger partial charge in [-0.3, -0.25) is 0 Å². The minimum Gasteiger partial charge on any atom is -0.354 e. The van der Waals surface area contributed by atoms with Crippen LogP contribution in [0.4, 0.5) is 0 Å². The maximum atomic E-state index is 3.55. The molecule has 26 heavy (non-hydrogen) atoms. The van der Waals surface area contributed by atoms with Crippen molar-refractivity contribution in [3.8, 4) is 0 Å². The van der Waals surface area contributed by atoms with Crippen molar-refractivity contribution in [3.05, 3.63) is 45.5 Å². The highest BCUT2D eigenvalue weighted by molar-refractivity contribution is 14.1. The van der Waals surface area contributed by atoms with Crippen LogP contribution in [0.5, 0.6) is 0 Å². The molecule has 140 valence electrons. The van der Waals surface area contributed by atoms with Gasteiger partial charge in [0.2, 0.25) is 0 Å². The van der Waals surface area contributed by atoms with E-state index in [2.05, 4.69) is 70.9 Å². The number of aryl methyl sites for hydroxylation is 1. The second kappa shape index (κ2) is 10.3. The number of aromatic nitrogens is 1. The van der Waals surface area contributed by atoms with E-state index in [0.717, 1.165) is 0 Å². The molecule has 1 aromatic heterocycles. The molecule has 0 saturated carbocycles. The van der Waals surface area contributed by atoms with Gasteiger partial charge in [-0.25, -0.2) is 0 Å². The molecule has 0 bridgehead atoms. The first kappa shape index (κ1) is 19.7. The Labute approximate surface area is 172 Å². The van der Waals surface area contributed by atoms with Gasteiger partial charge in [0, 0.05) is 25.4 Å². The van der Waals surface area contributed by atoms with E-state index in [4.69, 9.17) is 0 Å². The summed E-state index contributed by atoms with van der Waals surface area (Å²) in [7, 11) is 0. The van der Waals surface area contributed by atoms with Crippen LogP contribution >= 0.6 is 22.6 Å². The quantitative estimate of drug-likeness (QED) is 0.218. The van der Waals surface area contributed by atoms with Gasteiger partial charge in [-0.05, 0) is 65.3 Å². The second-order valence-electron chi connectivity index (χ2n) is 7.63. The average molecular weight is 461 g/mol. The van der Waals surface area contributed by atoms with Crippen molar-refractivity contribution in [1.29, 1.82) is 0 Å². The molecule has 0 amide bonds. The molecule has 0 aliphatic rings. The van der Waals surface area contributed by atoms with Crippen molar-refractivity contribution in [1.82, 2.24) is 4.98 Å². The van der Waals surface area contributed by atoms with Gasteiger partial charge in [-0.2, -0.15) is 0 Å². The lowest BCUT2D eigenvalue weighted by Crippen LogP contribution is -1.87. The molecule has 0 radical (unpaired) electrons. The number of halogens is 1. The van der Waals surface area contributed by atoms with Crippen molar-refractivity contribution in [2.24, 2.45) is 0 Å². The van der Waals surface area contributed by atoms with Crippen LogP contribution in [0.2, 0.25) is 0 Å². The van der Waals surface area contributed by atoms with Gasteiger partial charge in [0.25, 0.3) is 0 Å². The Morgan fingerprint density at radius 2 is 1.38 bits per heavy atom. The van der Waals surface area contributed by atoms with Crippen LogP contribution in [-0.4, -0.2) is 4.98 Å². The van der Waals surface area contributed by atoms with Gasteiger partial charge in [0.1, 0.15) is 0 Å². The fraction of sp³-hybridized carbons (Fsp3) is 0.500. The Morgan fingerprint density at radius 1 is 0.692 bits per heavy atom. The average Bonchev–Trinajstić information content (AvgIpc) is 3.00. The second-order valence-corrected chi connectivity index (χ2v) is 8.87. The molecule has 1 N–H and O–H groups in total. The molecular weight excluding hydrogens is 429 g/mol. The SMILES string of the molecule is CCCCCCCCCCCCc1ccc2[nH]c3cc(I)ccc3c2c1. The van der Waals surface area contributed by atoms with E-state index in [1.54, 1.807) is 0 Å². The number of hydrogen-bond donors (Lipinski definition) is 1. The van der Waals surface area contributed by atoms with Crippen LogP contribution in [0.25, 0.3) is 21.8 Å². The summed E-state index contributed by atoms with van der Waals surface area (Å²) in [6.45, 7) is 2.29. The normalized spacial score (nSPS) is 11.6. The molecule has 2 aromatic carbocycles. The number of benzene rings is 2. The van der Waals surface area contributed by atoms with Gasteiger partial charge in [0.05, 0.1) is 0 Å². The summed E-state index contributed by atoms with van der Waals surface area (Å²) in [4.78, 5) is 3.55. The van der Waals surface area contributed by atoms with Crippen molar-refractivity contribution in [2.75, 3.05) is 0 Å². The third-order valence-corrected chi connectivity index (χ3v) is 6.12. The highest BCUT2D eigenvalue weighted by atomic mass is 127. The van der Waals surface area contributed by atoms with Crippen LogP contribution < -0.4 is 0 Å². The topological polar surface area (TPSA) is 15.8 Å². The fourth-order valence-corrected chi connectivity index (χ4v) is 4.39. The highest BCUT2D eigenvalue weighted by Crippen LogP contribution is 2.28. The minimum atomic E-state index is 1.21. The first-order chi connectivity index (χ1) is 12.8. The lowest BCUT2D eigenvalue weighted by Gasteiger charge is -2.04. The molecule has 0 atom stereocenters. The van der Waals surface area contributed by atoms with Crippen LogP contribution in [0.15, 0.2) is 36.4 Å². The zero-order chi connectivity index (χ0) is 18.2. The van der Waals surface area contributed by atoms with Gasteiger partial charge < -0.3 is 4.98 Å². The first-order valence-corrected chi connectivity index (χ1v) is 11.6. The molecule has 0 unspecified atom stereocenters. The maximum absolute atomic E-state index is 3.55. The summed E-state index contributed by atoms with van der Waals surface area (Å²) in [5, 5.41) is 2.73. The summed E-state index contributed by atoms with van der Waals surface area (Å²) < 4.78 is 1.28. The molecule has 0 spiro atoms. The summed E-state index contributed by atoms with van der Waals surface area (Å²) in [6, 6.07) is 13.6. The molecular formula is C24H32IN. The van der Waals surface area contributed by atoms with E-state index in [1.807, 2.05) is 0 Å². The molecule has 1 heterocycles. The Balaban J connectivity index is 1.42. The summed E-state index contributed by atoms with van der Waals surface area (Å²) in [5.74, 6) is 0. The monoisotopic (exact) mass is 461 g/mol. The highest BCUT2D eigenvalue weighted by Gasteiger charge is 2.05. The van der Waals surface area contributed by atoms with E-state index in [0.29, 0.717) is 0 Å². The maximum Gasteiger partial charge on any atom is 0.0475 e. The number of unbranched alkanes of at least 4 members (excludes halogenated alkanes) is 9. The molecule has 3 aromatic rings. The number of hydrogen-bond acceptors (Lipinski definition) is 0. The Kier molecular flexibility index (Phi) is 7.85. The summed E-state index contributed by atoms with van der Waals surface area (Å²) in [5.41, 5.74) is 3.99. The largest absolute Gasteiger partial charge is 0.354 e. The van der Waals surface area contributed by atoms with Crippen LogP contribution in [0.3, 0.4) is 0 Å². The number of H-pyrrole nitrogens is 1. The smallest absolute Gasteiger partial charge is 0.0475 e. The van der Waals surface area contributed by atoms with E-state index >= 15 is 0 Å². The molecule has 0 aliphatic carbocycles. The molecule has 0 fully saturated rings. The standard InChI is InChI=1S/C24H32IN/c1-2-3-4-5-6-7-8-9-10-11-12-19-13-16-23-22(17-19)21-15-14-20(25)18-24(21)26-23/h13-18,26H,2-12H2,1H3. The Bertz CT molecular complexity index is 818. The van der Waals surface area contributed by atoms with Crippen LogP contribution in [0.1, 0.15) is 76.7 Å². The van der Waals surface area contributed by atoms with Gasteiger partial charge in [0.15, 0.2) is 0 Å². The minimum absolute atomic E-state index is 1.21. The van der Waals surface area contributed by atoms with Crippen LogP contribution in [-0.2, 0) is 6.42 Å². The third-order valence-electron chi connectivity index (χ3n) is 5.44. The number of aromatic amines is 1. The van der Waals surface area contributed by atoms with Crippen molar-refractivity contribution < 1.29 is 0 Å². The molecule has 1 nitrogen and oxygen atoms in total. The van der Waals surface area contributed by atoms with E-state index < -0.39 is 0 Å². The molecule has 3 rings (SSSR count). The Morgan fingerprint density at radius 3 is 2.12 bits per heavy atom. The molecule has 0 saturated heterocycles. The fourth-order valence-electron chi connectivity index (χ4n) is 3.90. The van der Waals surface area contributed by atoms with Gasteiger partial charge >= 0.3 is 0 Å². The zero-order valence-corrected chi connectivity index (χ0v) is 18.3. The molecule has 2 heteroatoms. The third kappa shape index (κ3) is 5.48. The van der Waals surface area contributed by atoms with Crippen molar-refractivity contribution >= 4 is 44.4 Å². The Hall–Kier alpha value is -1.03. The predicted molar refractivity (Wildman–Crippen MR) is 124 cm³/mol. The summed E-state index contributed by atoms with van der Waals surface area (Å²) >= 11 is 2.38. The zero-order valence-electron chi connectivity index (χ0n) is 16.1. The van der Waals surface area contributed by atoms with E-state index in [9.17, 15) is 0 Å². The van der Waals surface area contributed by atoms with Gasteiger partial charge in [-0.1, -0.05) is 76.8 Å². The van der Waals surface area contributed by atoms with E-state index in [1.165, 1.54) is 102 Å².